The topological polar surface area (TPSA) is 125 Å². The Balaban J connectivity index is 1.94. The Morgan fingerprint density at radius 2 is 2.10 bits per heavy atom. The molecule has 0 aliphatic rings. The van der Waals surface area contributed by atoms with Crippen molar-refractivity contribution in [3.05, 3.63) is 41.3 Å². The molecule has 2 amide bonds. The van der Waals surface area contributed by atoms with Gasteiger partial charge in [0.1, 0.15) is 5.75 Å². The average Bonchev–Trinajstić information content (AvgIpc) is 2.84. The predicted molar refractivity (Wildman–Crippen MR) is 72.2 cm³/mol. The number of aromatic hydroxyl groups is 1. The van der Waals surface area contributed by atoms with Crippen LogP contribution in [0.1, 0.15) is 21.8 Å². The first-order valence-corrected chi connectivity index (χ1v) is 5.99. The second-order valence-corrected chi connectivity index (χ2v) is 4.28. The summed E-state index contributed by atoms with van der Waals surface area (Å²) in [6.45, 7) is 1.90. The standard InChI is InChI=1S/C13H13N3O5/c1-7-4-9(21-16-7)6-14-13(20)15-10-3-2-8(12(18)19)5-11(10)17/h2-5,17H,6H2,1H3,(H,18,19)(H2,14,15,20). The maximum atomic E-state index is 11.7. The van der Waals surface area contributed by atoms with Crippen LogP contribution in [-0.2, 0) is 6.54 Å². The number of rotatable bonds is 4. The quantitative estimate of drug-likeness (QED) is 0.635. The third kappa shape index (κ3) is 3.72. The van der Waals surface area contributed by atoms with Crippen LogP contribution in [0.5, 0.6) is 5.75 Å². The van der Waals surface area contributed by atoms with Crippen LogP contribution in [0.2, 0.25) is 0 Å². The highest BCUT2D eigenvalue weighted by Gasteiger charge is 2.10. The number of benzene rings is 1. The van der Waals surface area contributed by atoms with Crippen molar-refractivity contribution in [2.45, 2.75) is 13.5 Å². The van der Waals surface area contributed by atoms with E-state index in [2.05, 4.69) is 15.8 Å². The summed E-state index contributed by atoms with van der Waals surface area (Å²) in [6, 6.07) is 4.74. The molecule has 0 fully saturated rings. The highest BCUT2D eigenvalue weighted by atomic mass is 16.5. The lowest BCUT2D eigenvalue weighted by atomic mass is 10.2. The number of hydrogen-bond acceptors (Lipinski definition) is 5. The van der Waals surface area contributed by atoms with E-state index in [0.29, 0.717) is 11.5 Å². The van der Waals surface area contributed by atoms with Crippen molar-refractivity contribution in [2.75, 3.05) is 5.32 Å². The van der Waals surface area contributed by atoms with Gasteiger partial charge < -0.3 is 25.4 Å². The first-order chi connectivity index (χ1) is 9.95. The summed E-state index contributed by atoms with van der Waals surface area (Å²) >= 11 is 0. The molecule has 1 aromatic heterocycles. The number of aryl methyl sites for hydroxylation is 1. The number of urea groups is 1. The highest BCUT2D eigenvalue weighted by molar-refractivity contribution is 5.93. The fourth-order valence-electron chi connectivity index (χ4n) is 1.60. The van der Waals surface area contributed by atoms with Gasteiger partial charge in [-0.15, -0.1) is 0 Å². The normalized spacial score (nSPS) is 10.1. The number of aromatic carboxylic acids is 1. The Morgan fingerprint density at radius 3 is 2.67 bits per heavy atom. The number of carboxylic acid groups (broad SMARTS) is 1. The van der Waals surface area contributed by atoms with Crippen LogP contribution in [-0.4, -0.2) is 27.4 Å². The van der Waals surface area contributed by atoms with Crippen LogP contribution in [0.3, 0.4) is 0 Å². The maximum absolute atomic E-state index is 11.7. The minimum absolute atomic E-state index is 0.0735. The third-order valence-corrected chi connectivity index (χ3v) is 2.59. The molecular weight excluding hydrogens is 278 g/mol. The van der Waals surface area contributed by atoms with E-state index in [1.807, 2.05) is 0 Å². The summed E-state index contributed by atoms with van der Waals surface area (Å²) in [5, 5.41) is 27.0. The number of nitrogens with one attached hydrogen (secondary N) is 2. The molecule has 1 aromatic carbocycles. The van der Waals surface area contributed by atoms with Gasteiger partial charge in [0.2, 0.25) is 0 Å². The van der Waals surface area contributed by atoms with Gasteiger partial charge in [0, 0.05) is 6.07 Å². The van der Waals surface area contributed by atoms with Crippen molar-refractivity contribution < 1.29 is 24.3 Å². The molecule has 21 heavy (non-hydrogen) atoms. The lowest BCUT2D eigenvalue weighted by Crippen LogP contribution is -2.28. The summed E-state index contributed by atoms with van der Waals surface area (Å²) < 4.78 is 4.92. The molecular formula is C13H13N3O5. The first kappa shape index (κ1) is 14.4. The Labute approximate surface area is 119 Å². The number of aromatic nitrogens is 1. The number of nitrogens with zero attached hydrogens (tertiary/aromatic N) is 1. The second-order valence-electron chi connectivity index (χ2n) is 4.28. The van der Waals surface area contributed by atoms with Crippen molar-refractivity contribution in [3.8, 4) is 5.75 Å². The molecule has 110 valence electrons. The van der Waals surface area contributed by atoms with Gasteiger partial charge in [0.15, 0.2) is 5.76 Å². The van der Waals surface area contributed by atoms with E-state index in [1.165, 1.54) is 12.1 Å². The van der Waals surface area contributed by atoms with Crippen molar-refractivity contribution in [1.82, 2.24) is 10.5 Å². The number of amides is 2. The van der Waals surface area contributed by atoms with Crippen LogP contribution < -0.4 is 10.6 Å². The molecule has 0 aliphatic carbocycles. The molecule has 0 bridgehead atoms. The van der Waals surface area contributed by atoms with Gasteiger partial charge in [-0.3, -0.25) is 0 Å². The summed E-state index contributed by atoms with van der Waals surface area (Å²) in [6.07, 6.45) is 0. The van der Waals surface area contributed by atoms with Gasteiger partial charge in [-0.05, 0) is 25.1 Å². The third-order valence-electron chi connectivity index (χ3n) is 2.59. The van der Waals surface area contributed by atoms with E-state index in [4.69, 9.17) is 9.63 Å². The molecule has 0 atom stereocenters. The maximum Gasteiger partial charge on any atom is 0.335 e. The van der Waals surface area contributed by atoms with Gasteiger partial charge in [-0.1, -0.05) is 5.16 Å². The van der Waals surface area contributed by atoms with Gasteiger partial charge in [-0.2, -0.15) is 0 Å². The lowest BCUT2D eigenvalue weighted by molar-refractivity contribution is 0.0696. The summed E-state index contributed by atoms with van der Waals surface area (Å²) in [5.41, 5.74) is 0.732. The number of anilines is 1. The predicted octanol–water partition coefficient (Wildman–Crippen LogP) is 1.71. The minimum atomic E-state index is -1.16. The van der Waals surface area contributed by atoms with Gasteiger partial charge in [0.25, 0.3) is 0 Å². The van der Waals surface area contributed by atoms with Crippen molar-refractivity contribution in [3.63, 3.8) is 0 Å². The zero-order valence-corrected chi connectivity index (χ0v) is 11.1. The van der Waals surface area contributed by atoms with Crippen molar-refractivity contribution in [1.29, 1.82) is 0 Å². The average molecular weight is 291 g/mol. The van der Waals surface area contributed by atoms with Crippen LogP contribution in [0, 0.1) is 6.92 Å². The first-order valence-electron chi connectivity index (χ1n) is 5.99. The Morgan fingerprint density at radius 1 is 1.33 bits per heavy atom. The van der Waals surface area contributed by atoms with E-state index < -0.39 is 12.0 Å². The molecule has 8 nitrogen and oxygen atoms in total. The van der Waals surface area contributed by atoms with E-state index in [1.54, 1.807) is 13.0 Å². The van der Waals surface area contributed by atoms with Gasteiger partial charge in [0.05, 0.1) is 23.5 Å². The SMILES string of the molecule is Cc1cc(CNC(=O)Nc2ccc(C(=O)O)cc2O)on1. The summed E-state index contributed by atoms with van der Waals surface area (Å²) in [7, 11) is 0. The molecule has 0 aliphatic heterocycles. The van der Waals surface area contributed by atoms with Crippen molar-refractivity contribution in [2.24, 2.45) is 0 Å². The van der Waals surface area contributed by atoms with Gasteiger partial charge in [-0.25, -0.2) is 9.59 Å². The van der Waals surface area contributed by atoms with Crippen molar-refractivity contribution >= 4 is 17.7 Å². The Hall–Kier alpha value is -3.03. The molecule has 4 N–H and O–H groups in total. The zero-order valence-electron chi connectivity index (χ0n) is 11.1. The highest BCUT2D eigenvalue weighted by Crippen LogP contribution is 2.24. The van der Waals surface area contributed by atoms with E-state index in [-0.39, 0.29) is 23.5 Å². The number of phenols is 1. The monoisotopic (exact) mass is 291 g/mol. The molecule has 0 radical (unpaired) electrons. The Kier molecular flexibility index (Phi) is 4.07. The number of phenolic OH excluding ortho intramolecular Hbond substituents is 1. The largest absolute Gasteiger partial charge is 0.506 e. The number of hydrogen-bond donors (Lipinski definition) is 4. The van der Waals surface area contributed by atoms with E-state index >= 15 is 0 Å². The number of carbonyl (C=O) groups is 2. The van der Waals surface area contributed by atoms with E-state index in [9.17, 15) is 14.7 Å². The smallest absolute Gasteiger partial charge is 0.335 e. The Bertz CT molecular complexity index is 680. The van der Waals surface area contributed by atoms with Gasteiger partial charge >= 0.3 is 12.0 Å². The fourth-order valence-corrected chi connectivity index (χ4v) is 1.60. The minimum Gasteiger partial charge on any atom is -0.506 e. The molecule has 0 spiro atoms. The second kappa shape index (κ2) is 5.95. The summed E-state index contributed by atoms with van der Waals surface area (Å²) in [5.74, 6) is -1.00. The van der Waals surface area contributed by atoms with Crippen LogP contribution in [0.4, 0.5) is 10.5 Å². The summed E-state index contributed by atoms with van der Waals surface area (Å²) in [4.78, 5) is 22.4. The van der Waals surface area contributed by atoms with Crippen LogP contribution in [0.25, 0.3) is 0 Å². The molecule has 8 heteroatoms. The molecule has 0 saturated carbocycles. The number of carbonyl (C=O) groups excluding carboxylic acids is 1. The fraction of sp³-hybridized carbons (Fsp3) is 0.154. The molecule has 2 rings (SSSR count). The molecule has 0 unspecified atom stereocenters. The molecule has 1 heterocycles. The molecule has 2 aromatic rings. The van der Waals surface area contributed by atoms with Crippen LogP contribution in [0.15, 0.2) is 28.8 Å². The lowest BCUT2D eigenvalue weighted by Gasteiger charge is -2.08. The zero-order chi connectivity index (χ0) is 15.4. The van der Waals surface area contributed by atoms with Crippen LogP contribution >= 0.6 is 0 Å². The molecule has 0 saturated heterocycles. The van der Waals surface area contributed by atoms with E-state index in [0.717, 1.165) is 6.07 Å². The number of carboxylic acids is 1.